The number of amides is 2. The molecule has 1 aliphatic heterocycles. The van der Waals surface area contributed by atoms with Gasteiger partial charge in [0.15, 0.2) is 5.78 Å². The van der Waals surface area contributed by atoms with Gasteiger partial charge in [-0.3, -0.25) is 9.69 Å². The van der Waals surface area contributed by atoms with Crippen LogP contribution in [0, 0.1) is 26.7 Å². The molecular formula is C33H32N2O4S. The van der Waals surface area contributed by atoms with E-state index < -0.39 is 35.4 Å². The number of hydrogen-bond acceptors (Lipinski definition) is 4. The van der Waals surface area contributed by atoms with Crippen LogP contribution >= 0.6 is 11.3 Å². The first kappa shape index (κ1) is 27.3. The van der Waals surface area contributed by atoms with Gasteiger partial charge in [0.2, 0.25) is 0 Å². The second-order valence-corrected chi connectivity index (χ2v) is 11.7. The van der Waals surface area contributed by atoms with Crippen LogP contribution in [0.2, 0.25) is 0 Å². The maximum atomic E-state index is 14.5. The maximum Gasteiger partial charge on any atom is 0.330 e. The van der Waals surface area contributed by atoms with E-state index in [1.165, 1.54) is 16.2 Å². The van der Waals surface area contributed by atoms with Gasteiger partial charge in [-0.15, -0.1) is 11.3 Å². The minimum absolute atomic E-state index is 0.191. The van der Waals surface area contributed by atoms with Gasteiger partial charge in [0.05, 0.1) is 12.0 Å². The van der Waals surface area contributed by atoms with Gasteiger partial charge in [-0.1, -0.05) is 77.9 Å². The number of carbonyl (C=O) groups is 3. The Morgan fingerprint density at radius 2 is 1.52 bits per heavy atom. The summed E-state index contributed by atoms with van der Waals surface area (Å²) in [5.74, 6) is -2.98. The van der Waals surface area contributed by atoms with Crippen molar-refractivity contribution in [2.75, 3.05) is 5.32 Å². The predicted molar refractivity (Wildman–Crippen MR) is 158 cm³/mol. The zero-order valence-electron chi connectivity index (χ0n) is 22.9. The Labute approximate surface area is 238 Å². The summed E-state index contributed by atoms with van der Waals surface area (Å²) in [5, 5.41) is 15.7. The highest BCUT2D eigenvalue weighted by molar-refractivity contribution is 7.10. The molecule has 204 valence electrons. The van der Waals surface area contributed by atoms with E-state index in [2.05, 4.69) is 5.32 Å². The molecule has 7 heteroatoms. The summed E-state index contributed by atoms with van der Waals surface area (Å²) >= 11 is 1.40. The van der Waals surface area contributed by atoms with Crippen molar-refractivity contribution in [1.82, 2.24) is 4.90 Å². The maximum absolute atomic E-state index is 14.5. The molecular weight excluding hydrogens is 520 g/mol. The lowest BCUT2D eigenvalue weighted by molar-refractivity contribution is -0.148. The van der Waals surface area contributed by atoms with Crippen LogP contribution in [0.25, 0.3) is 0 Å². The molecule has 1 aliphatic rings. The molecule has 2 amide bonds. The molecule has 0 bridgehead atoms. The fourth-order valence-corrected chi connectivity index (χ4v) is 6.94. The molecule has 5 rings (SSSR count). The number of carboxylic acids is 1. The minimum atomic E-state index is -1.72. The number of nitrogens with one attached hydrogen (secondary N) is 1. The third kappa shape index (κ3) is 4.82. The molecule has 0 spiro atoms. The van der Waals surface area contributed by atoms with Crippen molar-refractivity contribution in [3.63, 3.8) is 0 Å². The summed E-state index contributed by atoms with van der Waals surface area (Å²) in [6.45, 7) is 7.39. The van der Waals surface area contributed by atoms with Crippen molar-refractivity contribution in [3.8, 4) is 0 Å². The van der Waals surface area contributed by atoms with E-state index in [-0.39, 0.29) is 5.78 Å². The first-order chi connectivity index (χ1) is 19.1. The number of aliphatic carboxylic acids is 1. The van der Waals surface area contributed by atoms with Gasteiger partial charge < -0.3 is 10.4 Å². The molecule has 2 heterocycles. The fraction of sp³-hybridized carbons (Fsp3) is 0.242. The molecule has 3 aromatic carbocycles. The van der Waals surface area contributed by atoms with Crippen molar-refractivity contribution in [2.24, 2.45) is 5.92 Å². The Morgan fingerprint density at radius 1 is 0.850 bits per heavy atom. The van der Waals surface area contributed by atoms with Crippen LogP contribution in [0.1, 0.15) is 56.4 Å². The quantitative estimate of drug-likeness (QED) is 0.244. The van der Waals surface area contributed by atoms with Crippen LogP contribution < -0.4 is 5.32 Å². The summed E-state index contributed by atoms with van der Waals surface area (Å²) in [4.78, 5) is 44.2. The number of nitrogens with zero attached hydrogens (tertiary/aromatic N) is 1. The zero-order valence-corrected chi connectivity index (χ0v) is 23.7. The first-order valence-electron chi connectivity index (χ1n) is 13.2. The van der Waals surface area contributed by atoms with Crippen molar-refractivity contribution < 1.29 is 19.5 Å². The van der Waals surface area contributed by atoms with E-state index >= 15 is 0 Å². The number of thiophene rings is 1. The number of aryl methyl sites for hydroxylation is 3. The van der Waals surface area contributed by atoms with Crippen LogP contribution in [0.4, 0.5) is 10.5 Å². The number of carbonyl (C=O) groups excluding carboxylic acids is 2. The lowest BCUT2D eigenvalue weighted by Crippen LogP contribution is -2.55. The van der Waals surface area contributed by atoms with Crippen molar-refractivity contribution in [1.29, 1.82) is 0 Å². The molecule has 0 radical (unpaired) electrons. The zero-order chi connectivity index (χ0) is 28.6. The number of likely N-dealkylation sites (tertiary alicyclic amines) is 1. The second kappa shape index (κ2) is 10.7. The van der Waals surface area contributed by atoms with E-state index in [0.717, 1.165) is 27.1 Å². The summed E-state index contributed by atoms with van der Waals surface area (Å²) in [6, 6.07) is 24.6. The van der Waals surface area contributed by atoms with E-state index in [1.807, 2.05) is 92.9 Å². The van der Waals surface area contributed by atoms with E-state index in [1.54, 1.807) is 25.1 Å². The largest absolute Gasteiger partial charge is 0.479 e. The highest BCUT2D eigenvalue weighted by Crippen LogP contribution is 2.57. The van der Waals surface area contributed by atoms with Gasteiger partial charge in [-0.05, 0) is 62.4 Å². The Hall–Kier alpha value is -4.23. The monoisotopic (exact) mass is 552 g/mol. The standard InChI is InChI=1S/C33H32N2O4S/c1-20-13-15-23(16-14-20)30(36)27-28(26-12-7-17-40-26)33(4,31(37)38)35(29(27)24-10-5-8-21(2)18-24)32(39)34-25-11-6-9-22(3)19-25/h5-19,27-29H,1-4H3,(H,34,39)(H,37,38). The summed E-state index contributed by atoms with van der Waals surface area (Å²) in [6.07, 6.45) is 0. The molecule has 1 saturated heterocycles. The average Bonchev–Trinajstić information content (AvgIpc) is 3.53. The summed E-state index contributed by atoms with van der Waals surface area (Å²) in [5.41, 5.74) is 2.97. The fourth-order valence-electron chi connectivity index (χ4n) is 5.95. The van der Waals surface area contributed by atoms with Gasteiger partial charge in [0.25, 0.3) is 0 Å². The predicted octanol–water partition coefficient (Wildman–Crippen LogP) is 7.39. The lowest BCUT2D eigenvalue weighted by atomic mass is 9.74. The summed E-state index contributed by atoms with van der Waals surface area (Å²) in [7, 11) is 0. The second-order valence-electron chi connectivity index (χ2n) is 10.7. The molecule has 6 nitrogen and oxygen atoms in total. The third-order valence-corrected chi connectivity index (χ3v) is 8.83. The Kier molecular flexibility index (Phi) is 7.34. The number of urea groups is 1. The average molecular weight is 553 g/mol. The molecule has 0 aliphatic carbocycles. The van der Waals surface area contributed by atoms with Gasteiger partial charge in [-0.25, -0.2) is 9.59 Å². The topological polar surface area (TPSA) is 86.7 Å². The number of anilines is 1. The normalized spacial score (nSPS) is 22.2. The highest BCUT2D eigenvalue weighted by atomic mass is 32.1. The molecule has 2 N–H and O–H groups in total. The van der Waals surface area contributed by atoms with E-state index in [4.69, 9.17) is 0 Å². The minimum Gasteiger partial charge on any atom is -0.479 e. The molecule has 1 aromatic heterocycles. The number of ketones is 1. The molecule has 4 unspecified atom stereocenters. The molecule has 1 fully saturated rings. The highest BCUT2D eigenvalue weighted by Gasteiger charge is 2.65. The van der Waals surface area contributed by atoms with Crippen LogP contribution in [0.15, 0.2) is 90.3 Å². The number of rotatable bonds is 6. The summed E-state index contributed by atoms with van der Waals surface area (Å²) < 4.78 is 0. The Morgan fingerprint density at radius 3 is 2.12 bits per heavy atom. The first-order valence-corrected chi connectivity index (χ1v) is 14.1. The van der Waals surface area contributed by atoms with Gasteiger partial charge in [0.1, 0.15) is 5.54 Å². The van der Waals surface area contributed by atoms with Crippen LogP contribution in [-0.4, -0.2) is 33.3 Å². The van der Waals surface area contributed by atoms with Crippen molar-refractivity contribution >= 4 is 34.8 Å². The van der Waals surface area contributed by atoms with Crippen LogP contribution in [0.5, 0.6) is 0 Å². The lowest BCUT2D eigenvalue weighted by Gasteiger charge is -2.37. The third-order valence-electron chi connectivity index (χ3n) is 7.88. The number of hydrogen-bond donors (Lipinski definition) is 2. The van der Waals surface area contributed by atoms with E-state index in [9.17, 15) is 19.5 Å². The Balaban J connectivity index is 1.75. The van der Waals surface area contributed by atoms with Crippen molar-refractivity contribution in [3.05, 3.63) is 123 Å². The van der Waals surface area contributed by atoms with E-state index in [0.29, 0.717) is 11.3 Å². The molecule has 4 aromatic rings. The van der Waals surface area contributed by atoms with Crippen molar-refractivity contribution in [2.45, 2.75) is 45.2 Å². The van der Waals surface area contributed by atoms with Gasteiger partial charge in [0, 0.05) is 22.0 Å². The molecule has 0 saturated carbocycles. The smallest absolute Gasteiger partial charge is 0.330 e. The molecule has 4 atom stereocenters. The number of benzene rings is 3. The van der Waals surface area contributed by atoms with Crippen LogP contribution in [-0.2, 0) is 4.79 Å². The number of Topliss-reactive ketones (excluding diaryl/α,β-unsaturated/α-hetero) is 1. The van der Waals surface area contributed by atoms with Gasteiger partial charge >= 0.3 is 12.0 Å². The van der Waals surface area contributed by atoms with Crippen LogP contribution in [0.3, 0.4) is 0 Å². The Bertz CT molecular complexity index is 1560. The SMILES string of the molecule is Cc1ccc(C(=O)C2C(c3cccc(C)c3)N(C(=O)Nc3cccc(C)c3)C(C)(C(=O)O)C2c2cccs2)cc1. The number of carboxylic acid groups (broad SMARTS) is 1. The van der Waals surface area contributed by atoms with Gasteiger partial charge in [-0.2, -0.15) is 0 Å². The molecule has 40 heavy (non-hydrogen) atoms.